The first-order valence-electron chi connectivity index (χ1n) is 11.5. The van der Waals surface area contributed by atoms with Gasteiger partial charge >= 0.3 is 0 Å². The van der Waals surface area contributed by atoms with Gasteiger partial charge in [0.15, 0.2) is 0 Å². The molecule has 0 saturated heterocycles. The third kappa shape index (κ3) is 5.23. The van der Waals surface area contributed by atoms with Crippen molar-refractivity contribution in [2.75, 3.05) is 4.90 Å². The van der Waals surface area contributed by atoms with E-state index in [1.165, 1.54) is 36.0 Å². The van der Waals surface area contributed by atoms with Crippen molar-refractivity contribution in [2.24, 2.45) is 0 Å². The number of non-ortho nitro benzene ring substituents is 2. The van der Waals surface area contributed by atoms with Crippen LogP contribution in [0.5, 0.6) is 0 Å². The number of nitro benzene ring substituents is 2. The molecule has 0 aromatic heterocycles. The van der Waals surface area contributed by atoms with Crippen LogP contribution in [0.4, 0.5) is 17.1 Å². The van der Waals surface area contributed by atoms with Crippen LogP contribution in [0.2, 0.25) is 0 Å². The Kier molecular flexibility index (Phi) is 6.84. The molecule has 8 nitrogen and oxygen atoms in total. The van der Waals surface area contributed by atoms with E-state index in [9.17, 15) is 25.0 Å². The summed E-state index contributed by atoms with van der Waals surface area (Å²) >= 11 is 1.46. The van der Waals surface area contributed by atoms with Crippen molar-refractivity contribution in [3.05, 3.63) is 146 Å². The minimum Gasteiger partial charge on any atom is -0.276 e. The summed E-state index contributed by atoms with van der Waals surface area (Å²) in [7, 11) is 0. The van der Waals surface area contributed by atoms with Gasteiger partial charge in [-0.25, -0.2) is 0 Å². The van der Waals surface area contributed by atoms with Gasteiger partial charge in [0, 0.05) is 45.3 Å². The van der Waals surface area contributed by atoms with E-state index < -0.39 is 9.85 Å². The van der Waals surface area contributed by atoms with Crippen LogP contribution in [0.15, 0.2) is 125 Å². The van der Waals surface area contributed by atoms with Gasteiger partial charge in [-0.3, -0.25) is 29.9 Å². The lowest BCUT2D eigenvalue weighted by Gasteiger charge is -2.21. The second kappa shape index (κ2) is 10.5. The lowest BCUT2D eigenvalue weighted by atomic mass is 10.1. The summed E-state index contributed by atoms with van der Waals surface area (Å²) in [4.78, 5) is 38.0. The summed E-state index contributed by atoms with van der Waals surface area (Å²) in [5.74, 6) is -0.210. The molecule has 4 aromatic rings. The molecule has 0 N–H and O–H groups in total. The highest BCUT2D eigenvalue weighted by Gasteiger charge is 2.30. The molecule has 9 heteroatoms. The van der Waals surface area contributed by atoms with Crippen LogP contribution in [0.3, 0.4) is 0 Å². The van der Waals surface area contributed by atoms with Crippen molar-refractivity contribution >= 4 is 46.5 Å². The third-order valence-corrected chi connectivity index (χ3v) is 6.87. The molecule has 0 unspecified atom stereocenters. The van der Waals surface area contributed by atoms with E-state index in [4.69, 9.17) is 0 Å². The molecule has 1 aliphatic rings. The van der Waals surface area contributed by atoms with Gasteiger partial charge in [0.05, 0.1) is 15.5 Å². The molecule has 4 aromatic carbocycles. The summed E-state index contributed by atoms with van der Waals surface area (Å²) in [6.45, 7) is 0. The Hall–Kier alpha value is -5.02. The zero-order valence-corrected chi connectivity index (χ0v) is 20.6. The standard InChI is InChI=1S/C29H19N3O5S/c33-29-22(18-20-6-8-24(9-7-20)31(34)35)19-28(21-4-2-1-3-5-21)30(29)23-10-14-26(15-11-23)38-27-16-12-25(13-17-27)32(36)37/h1-19H/b22-18+. The van der Waals surface area contributed by atoms with E-state index in [1.54, 1.807) is 35.2 Å². The molecule has 0 radical (unpaired) electrons. The van der Waals surface area contributed by atoms with Crippen LogP contribution in [0.1, 0.15) is 11.1 Å². The van der Waals surface area contributed by atoms with Crippen molar-refractivity contribution in [2.45, 2.75) is 9.79 Å². The first-order valence-corrected chi connectivity index (χ1v) is 12.3. The lowest BCUT2D eigenvalue weighted by Crippen LogP contribution is -2.24. The van der Waals surface area contributed by atoms with Gasteiger partial charge in [0.2, 0.25) is 0 Å². The third-order valence-electron chi connectivity index (χ3n) is 5.86. The summed E-state index contributed by atoms with van der Waals surface area (Å²) < 4.78 is 0. The monoisotopic (exact) mass is 521 g/mol. The number of nitro groups is 2. The number of anilines is 1. The molecule has 5 rings (SSSR count). The van der Waals surface area contributed by atoms with E-state index in [2.05, 4.69) is 0 Å². The quantitative estimate of drug-likeness (QED) is 0.146. The summed E-state index contributed by atoms with van der Waals surface area (Å²) in [6.07, 6.45) is 3.53. The maximum absolute atomic E-state index is 13.6. The second-order valence-corrected chi connectivity index (χ2v) is 9.48. The molecule has 0 bridgehead atoms. The van der Waals surface area contributed by atoms with Crippen molar-refractivity contribution in [3.63, 3.8) is 0 Å². The molecular formula is C29H19N3O5S. The molecule has 0 spiro atoms. The molecule has 0 aliphatic carbocycles. The van der Waals surface area contributed by atoms with Gasteiger partial charge in [0.25, 0.3) is 17.3 Å². The maximum Gasteiger partial charge on any atom is 0.269 e. The van der Waals surface area contributed by atoms with Crippen LogP contribution in [0.25, 0.3) is 11.8 Å². The van der Waals surface area contributed by atoms with Gasteiger partial charge in [-0.1, -0.05) is 42.1 Å². The van der Waals surface area contributed by atoms with Crippen LogP contribution in [-0.2, 0) is 4.79 Å². The van der Waals surface area contributed by atoms with Crippen LogP contribution < -0.4 is 4.90 Å². The molecule has 1 aliphatic heterocycles. The first-order chi connectivity index (χ1) is 18.4. The smallest absolute Gasteiger partial charge is 0.269 e. The fraction of sp³-hybridized carbons (Fsp3) is 0. The lowest BCUT2D eigenvalue weighted by molar-refractivity contribution is -0.385. The average molecular weight is 522 g/mol. The van der Waals surface area contributed by atoms with Crippen molar-refractivity contribution < 1.29 is 14.6 Å². The van der Waals surface area contributed by atoms with Gasteiger partial charge in [-0.05, 0) is 71.8 Å². The highest BCUT2D eigenvalue weighted by atomic mass is 32.2. The Labute approximate surface area is 221 Å². The van der Waals surface area contributed by atoms with Gasteiger partial charge in [0.1, 0.15) is 0 Å². The number of nitrogens with zero attached hydrogens (tertiary/aromatic N) is 3. The summed E-state index contributed by atoms with van der Waals surface area (Å²) in [5.41, 5.74) is 3.44. The first kappa shape index (κ1) is 24.7. The molecular weight excluding hydrogens is 502 g/mol. The molecule has 186 valence electrons. The largest absolute Gasteiger partial charge is 0.276 e. The zero-order valence-electron chi connectivity index (χ0n) is 19.8. The van der Waals surface area contributed by atoms with Crippen molar-refractivity contribution in [1.29, 1.82) is 0 Å². The number of benzene rings is 4. The summed E-state index contributed by atoms with van der Waals surface area (Å²) in [6, 6.07) is 29.5. The Morgan fingerprint density at radius 1 is 0.684 bits per heavy atom. The van der Waals surface area contributed by atoms with Crippen LogP contribution >= 0.6 is 11.8 Å². The van der Waals surface area contributed by atoms with Crippen molar-refractivity contribution in [3.8, 4) is 0 Å². The minimum atomic E-state index is -0.462. The topological polar surface area (TPSA) is 107 Å². The Bertz CT molecular complexity index is 1580. The fourth-order valence-electron chi connectivity index (χ4n) is 4.00. The van der Waals surface area contributed by atoms with Crippen LogP contribution in [0, 0.1) is 20.2 Å². The van der Waals surface area contributed by atoms with E-state index >= 15 is 0 Å². The molecule has 1 amide bonds. The maximum atomic E-state index is 13.6. The highest BCUT2D eigenvalue weighted by Crippen LogP contribution is 2.37. The zero-order chi connectivity index (χ0) is 26.6. The van der Waals surface area contributed by atoms with E-state index in [0.717, 1.165) is 21.1 Å². The highest BCUT2D eigenvalue weighted by molar-refractivity contribution is 7.99. The molecule has 1 heterocycles. The van der Waals surface area contributed by atoms with E-state index in [-0.39, 0.29) is 17.3 Å². The number of rotatable bonds is 7. The normalized spacial score (nSPS) is 14.0. The van der Waals surface area contributed by atoms with Gasteiger partial charge < -0.3 is 0 Å². The number of hydrogen-bond donors (Lipinski definition) is 0. The average Bonchev–Trinajstić information content (AvgIpc) is 3.26. The van der Waals surface area contributed by atoms with Crippen molar-refractivity contribution in [1.82, 2.24) is 0 Å². The molecule has 0 atom stereocenters. The Balaban J connectivity index is 1.43. The predicted octanol–water partition coefficient (Wildman–Crippen LogP) is 7.13. The molecule has 0 saturated carbocycles. The number of hydrogen-bond acceptors (Lipinski definition) is 6. The van der Waals surface area contributed by atoms with Gasteiger partial charge in [-0.15, -0.1) is 0 Å². The number of amides is 1. The Morgan fingerprint density at radius 3 is 1.76 bits per heavy atom. The fourth-order valence-corrected chi connectivity index (χ4v) is 4.82. The SMILES string of the molecule is O=C1/C(=C/c2ccc([N+](=O)[O-])cc2)C=C(c2ccccc2)N1c1ccc(Sc2ccc([N+](=O)[O-])cc2)cc1. The van der Waals surface area contributed by atoms with Gasteiger partial charge in [-0.2, -0.15) is 0 Å². The number of carbonyl (C=O) groups is 1. The minimum absolute atomic E-state index is 0.0151. The molecule has 38 heavy (non-hydrogen) atoms. The predicted molar refractivity (Wildman–Crippen MR) is 147 cm³/mol. The molecule has 0 fully saturated rings. The number of carbonyl (C=O) groups excluding carboxylic acids is 1. The summed E-state index contributed by atoms with van der Waals surface area (Å²) in [5, 5.41) is 21.9. The van der Waals surface area contributed by atoms with Crippen LogP contribution in [-0.4, -0.2) is 15.8 Å². The van der Waals surface area contributed by atoms with E-state index in [0.29, 0.717) is 16.8 Å². The Morgan fingerprint density at radius 2 is 1.21 bits per heavy atom. The second-order valence-electron chi connectivity index (χ2n) is 8.33. The van der Waals surface area contributed by atoms with E-state index in [1.807, 2.05) is 60.7 Å².